The number of ether oxygens (including phenoxy) is 2. The molecule has 168 valence electrons. The predicted octanol–water partition coefficient (Wildman–Crippen LogP) is -15.3. The van der Waals surface area contributed by atoms with E-state index < -0.39 is 46.3 Å². The van der Waals surface area contributed by atoms with Crippen LogP contribution in [0.25, 0.3) is 0 Å². The molecule has 0 radical (unpaired) electrons. The van der Waals surface area contributed by atoms with Crippen LogP contribution >= 0.6 is 15.2 Å². The molecule has 0 unspecified atom stereocenters. The first-order valence-corrected chi connectivity index (χ1v) is 12.2. The van der Waals surface area contributed by atoms with Crippen molar-refractivity contribution in [3.63, 3.8) is 0 Å². The number of aliphatic hydroxyl groups is 2. The first-order valence-electron chi connectivity index (χ1n) is 8.72. The van der Waals surface area contributed by atoms with Crippen molar-refractivity contribution in [3.05, 3.63) is 29.3 Å². The molecule has 33 heavy (non-hydrogen) atoms. The van der Waals surface area contributed by atoms with Crippen LogP contribution < -0.4 is 148 Å². The Balaban J connectivity index is -0.00000105. The second kappa shape index (κ2) is 21.0. The summed E-state index contributed by atoms with van der Waals surface area (Å²) >= 11 is 0. The molecule has 4 N–H and O–H groups in total. The number of aliphatic hydroxyl groups excluding tert-OH is 2. The zero-order valence-electron chi connectivity index (χ0n) is 19.7. The van der Waals surface area contributed by atoms with Gasteiger partial charge in [-0.05, 0) is 48.4 Å². The molecule has 0 amide bonds. The largest absolute Gasteiger partial charge is 1.00 e. The van der Waals surface area contributed by atoms with Crippen molar-refractivity contribution in [2.75, 3.05) is 45.4 Å². The van der Waals surface area contributed by atoms with Crippen LogP contribution in [-0.2, 0) is 26.7 Å². The summed E-state index contributed by atoms with van der Waals surface area (Å²) in [6.07, 6.45) is -1.39. The first-order chi connectivity index (χ1) is 13.4. The third-order valence-electron chi connectivity index (χ3n) is 3.89. The van der Waals surface area contributed by atoms with E-state index in [1.165, 1.54) is 18.2 Å². The molecule has 0 aliphatic heterocycles. The maximum absolute atomic E-state index is 10.9. The molecule has 1 aromatic carbocycles. The average Bonchev–Trinajstić information content (AvgIpc) is 2.63. The van der Waals surface area contributed by atoms with Crippen LogP contribution in [0.5, 0.6) is 5.75 Å². The SMILES string of the molecule is NC(CO)(CO)COCCOc1cc(CCP(=O)([O-])[O-])cc(CCP(=O)([O-])[O-])c1.[Na+].[Na+].[Na+].[Na+]. The average molecular weight is 545 g/mol. The summed E-state index contributed by atoms with van der Waals surface area (Å²) in [6, 6.07) is 4.52. The molecule has 0 atom stereocenters. The zero-order valence-corrected chi connectivity index (χ0v) is 29.5. The Morgan fingerprint density at radius 1 is 0.818 bits per heavy atom. The molecular formula is C16H25NNa4O10P2. The molecule has 1 rings (SSSR count). The second-order valence-electron chi connectivity index (χ2n) is 6.73. The molecule has 0 aliphatic rings. The second-order valence-corrected chi connectivity index (χ2v) is 10.1. The molecule has 0 aliphatic carbocycles. The van der Waals surface area contributed by atoms with Gasteiger partial charge in [0.05, 0.1) is 32.0 Å². The quantitative estimate of drug-likeness (QED) is 0.113. The Bertz CT molecular complexity index is 702. The number of hydrogen-bond donors (Lipinski definition) is 3. The fourth-order valence-electron chi connectivity index (χ4n) is 2.27. The Hall–Kier alpha value is 3.16. The van der Waals surface area contributed by atoms with E-state index in [1.807, 2.05) is 0 Å². The fourth-order valence-corrected chi connectivity index (χ4v) is 3.33. The molecule has 0 bridgehead atoms. The van der Waals surface area contributed by atoms with Crippen molar-refractivity contribution >= 4 is 15.2 Å². The fraction of sp³-hybridized carbons (Fsp3) is 0.625. The molecule has 0 spiro atoms. The number of hydrogen-bond acceptors (Lipinski definition) is 11. The molecule has 0 saturated carbocycles. The van der Waals surface area contributed by atoms with E-state index in [0.717, 1.165) is 0 Å². The van der Waals surface area contributed by atoms with Crippen LogP contribution in [0.1, 0.15) is 11.1 Å². The van der Waals surface area contributed by atoms with Gasteiger partial charge in [-0.3, -0.25) is 0 Å². The van der Waals surface area contributed by atoms with Crippen LogP contribution in [0.3, 0.4) is 0 Å². The number of aryl methyl sites for hydroxylation is 2. The van der Waals surface area contributed by atoms with Gasteiger partial charge in [-0.25, -0.2) is 0 Å². The maximum atomic E-state index is 10.9. The van der Waals surface area contributed by atoms with E-state index in [2.05, 4.69) is 0 Å². The normalized spacial score (nSPS) is 11.4. The molecule has 11 nitrogen and oxygen atoms in total. The minimum atomic E-state index is -4.71. The van der Waals surface area contributed by atoms with Crippen LogP contribution in [0.15, 0.2) is 18.2 Å². The summed E-state index contributed by atoms with van der Waals surface area (Å²) in [5.41, 5.74) is 5.26. The van der Waals surface area contributed by atoms with Crippen molar-refractivity contribution in [1.82, 2.24) is 0 Å². The van der Waals surface area contributed by atoms with E-state index >= 15 is 0 Å². The van der Waals surface area contributed by atoms with Gasteiger partial charge in [-0.1, -0.05) is 21.3 Å². The molecule has 0 heterocycles. The summed E-state index contributed by atoms with van der Waals surface area (Å²) in [5, 5.41) is 18.1. The van der Waals surface area contributed by atoms with Gasteiger partial charge in [0.25, 0.3) is 0 Å². The van der Waals surface area contributed by atoms with E-state index in [-0.39, 0.29) is 157 Å². The van der Waals surface area contributed by atoms with Crippen LogP contribution in [0.2, 0.25) is 0 Å². The summed E-state index contributed by atoms with van der Waals surface area (Å²) in [4.78, 5) is 43.5. The van der Waals surface area contributed by atoms with E-state index in [4.69, 9.17) is 25.4 Å². The number of nitrogens with two attached hydrogens (primary N) is 1. The summed E-state index contributed by atoms with van der Waals surface area (Å²) in [5.74, 6) is 0.280. The Labute approximate surface area is 282 Å². The molecular weight excluding hydrogens is 520 g/mol. The van der Waals surface area contributed by atoms with Gasteiger partial charge in [0, 0.05) is 0 Å². The Morgan fingerprint density at radius 3 is 1.61 bits per heavy atom. The van der Waals surface area contributed by atoms with Gasteiger partial charge in [0.2, 0.25) is 0 Å². The van der Waals surface area contributed by atoms with Crippen molar-refractivity contribution in [2.45, 2.75) is 18.4 Å². The standard InChI is InChI=1S/C16H29NO10P2.4Na/c17-16(10-18,11-19)12-26-3-4-27-15-8-13(1-5-28(20,21)22)7-14(9-15)2-6-29(23,24)25;;;;/h7-9,18-19H,1-6,10-12,17H2,(H2,20,21,22)(H2,23,24,25);;;;/q;4*+1/p-4. The van der Waals surface area contributed by atoms with Crippen molar-refractivity contribution in [1.29, 1.82) is 0 Å². The molecule has 0 saturated heterocycles. The van der Waals surface area contributed by atoms with Crippen molar-refractivity contribution in [2.24, 2.45) is 5.73 Å². The van der Waals surface area contributed by atoms with Gasteiger partial charge in [-0.15, -0.1) is 0 Å². The minimum Gasteiger partial charge on any atom is -0.811 e. The first kappa shape index (κ1) is 43.2. The zero-order chi connectivity index (χ0) is 22.1. The third kappa shape index (κ3) is 21.8. The Morgan fingerprint density at radius 2 is 1.24 bits per heavy atom. The van der Waals surface area contributed by atoms with Crippen LogP contribution in [0, 0.1) is 0 Å². The van der Waals surface area contributed by atoms with Gasteiger partial charge >= 0.3 is 118 Å². The topological polar surface area (TPSA) is 211 Å². The van der Waals surface area contributed by atoms with E-state index in [0.29, 0.717) is 11.1 Å². The Kier molecular flexibility index (Phi) is 27.6. The van der Waals surface area contributed by atoms with E-state index in [9.17, 15) is 28.7 Å². The van der Waals surface area contributed by atoms with Crippen LogP contribution in [0.4, 0.5) is 0 Å². The molecule has 17 heteroatoms. The monoisotopic (exact) mass is 545 g/mol. The summed E-state index contributed by atoms with van der Waals surface area (Å²) in [6.45, 7) is -0.950. The maximum Gasteiger partial charge on any atom is 1.00 e. The third-order valence-corrected chi connectivity index (χ3v) is 5.43. The van der Waals surface area contributed by atoms with Crippen molar-refractivity contribution < 1.29 is 167 Å². The van der Waals surface area contributed by atoms with Crippen LogP contribution in [-0.4, -0.2) is 61.1 Å². The molecule has 0 fully saturated rings. The molecule has 0 aromatic heterocycles. The molecule has 1 aromatic rings. The number of benzene rings is 1. The van der Waals surface area contributed by atoms with Gasteiger partial charge in [0.1, 0.15) is 12.4 Å². The summed E-state index contributed by atoms with van der Waals surface area (Å²) < 4.78 is 32.5. The van der Waals surface area contributed by atoms with Gasteiger partial charge in [0.15, 0.2) is 0 Å². The van der Waals surface area contributed by atoms with Crippen molar-refractivity contribution in [3.8, 4) is 5.75 Å². The van der Waals surface area contributed by atoms with Gasteiger partial charge in [-0.2, -0.15) is 0 Å². The number of rotatable bonds is 14. The smallest absolute Gasteiger partial charge is 0.811 e. The minimum absolute atomic E-state index is 0. The summed E-state index contributed by atoms with van der Waals surface area (Å²) in [7, 11) is -9.43. The van der Waals surface area contributed by atoms with E-state index in [1.54, 1.807) is 0 Å². The van der Waals surface area contributed by atoms with Gasteiger partial charge < -0.3 is 54.1 Å². The predicted molar refractivity (Wildman–Crippen MR) is 96.2 cm³/mol.